The Kier molecular flexibility index (Phi) is 4.33. The Labute approximate surface area is 156 Å². The number of aromatic nitrogens is 4. The van der Waals surface area contributed by atoms with Crippen LogP contribution >= 0.6 is 0 Å². The summed E-state index contributed by atoms with van der Waals surface area (Å²) in [4.78, 5) is 15.9. The third-order valence-electron chi connectivity index (χ3n) is 4.29. The van der Waals surface area contributed by atoms with Gasteiger partial charge in [0.25, 0.3) is 0 Å². The summed E-state index contributed by atoms with van der Waals surface area (Å²) in [7, 11) is -3.67. The fourth-order valence-electron chi connectivity index (χ4n) is 2.88. The molecule has 27 heavy (non-hydrogen) atoms. The summed E-state index contributed by atoms with van der Waals surface area (Å²) in [5.41, 5.74) is 9.47. The molecule has 2 heterocycles. The number of nitrogens with one attached hydrogen (secondary N) is 1. The number of allylic oxidation sites excluding steroid dienone is 3. The van der Waals surface area contributed by atoms with Crippen molar-refractivity contribution < 1.29 is 8.42 Å². The van der Waals surface area contributed by atoms with Crippen LogP contribution in [0.25, 0.3) is 28.5 Å². The molecule has 7 nitrogen and oxygen atoms in total. The molecule has 1 aliphatic rings. The van der Waals surface area contributed by atoms with Gasteiger partial charge in [-0.25, -0.2) is 23.4 Å². The van der Waals surface area contributed by atoms with Gasteiger partial charge in [-0.05, 0) is 30.6 Å². The maximum absolute atomic E-state index is 12.6. The molecule has 136 valence electrons. The highest BCUT2D eigenvalue weighted by Crippen LogP contribution is 2.25. The first kappa shape index (κ1) is 17.2. The van der Waals surface area contributed by atoms with Crippen LogP contribution in [0.4, 0.5) is 0 Å². The summed E-state index contributed by atoms with van der Waals surface area (Å²) >= 11 is 0. The predicted octanol–water partition coefficient (Wildman–Crippen LogP) is 2.93. The summed E-state index contributed by atoms with van der Waals surface area (Å²) in [6.07, 6.45) is 11.2. The van der Waals surface area contributed by atoms with Gasteiger partial charge < -0.3 is 10.7 Å². The number of fused-ring (bicyclic) bond motifs is 1. The van der Waals surface area contributed by atoms with E-state index < -0.39 is 9.84 Å². The van der Waals surface area contributed by atoms with Crippen molar-refractivity contribution in [3.8, 4) is 11.3 Å². The first-order valence-electron chi connectivity index (χ1n) is 8.39. The van der Waals surface area contributed by atoms with E-state index in [0.29, 0.717) is 28.8 Å². The molecule has 1 aliphatic carbocycles. The Morgan fingerprint density at radius 1 is 1.11 bits per heavy atom. The van der Waals surface area contributed by atoms with Crippen molar-refractivity contribution >= 4 is 27.1 Å². The number of hydrogen-bond acceptors (Lipinski definition) is 6. The fraction of sp³-hybridized carbons (Fsp3) is 0.105. The van der Waals surface area contributed by atoms with Crippen LogP contribution in [0.15, 0.2) is 65.1 Å². The van der Waals surface area contributed by atoms with E-state index in [1.54, 1.807) is 30.6 Å². The average molecular weight is 379 g/mol. The number of hydrogen-bond donors (Lipinski definition) is 2. The largest absolute Gasteiger partial charge is 0.389 e. The van der Waals surface area contributed by atoms with Gasteiger partial charge in [0.1, 0.15) is 22.6 Å². The Hall–Kier alpha value is -3.26. The Balaban J connectivity index is 1.64. The molecule has 2 aromatic heterocycles. The maximum atomic E-state index is 12.6. The van der Waals surface area contributed by atoms with Gasteiger partial charge in [0.15, 0.2) is 5.65 Å². The molecule has 0 fully saturated rings. The number of nitrogens with zero attached hydrogens (tertiary/aromatic N) is 3. The molecule has 0 bridgehead atoms. The molecule has 0 saturated heterocycles. The minimum atomic E-state index is -3.67. The van der Waals surface area contributed by atoms with Crippen LogP contribution in [-0.4, -0.2) is 28.4 Å². The van der Waals surface area contributed by atoms with Crippen molar-refractivity contribution in [3.63, 3.8) is 0 Å². The van der Waals surface area contributed by atoms with E-state index >= 15 is 0 Å². The Bertz CT molecular complexity index is 1190. The number of imidazole rings is 1. The summed E-state index contributed by atoms with van der Waals surface area (Å²) < 4.78 is 25.1. The molecule has 3 aromatic rings. The molecule has 1 aromatic carbocycles. The minimum absolute atomic E-state index is 0.176. The Morgan fingerprint density at radius 2 is 1.93 bits per heavy atom. The third-order valence-corrected chi connectivity index (χ3v) is 5.95. The van der Waals surface area contributed by atoms with Gasteiger partial charge >= 0.3 is 0 Å². The maximum Gasteiger partial charge on any atom is 0.220 e. The number of H-pyrrole nitrogens is 1. The van der Waals surface area contributed by atoms with Gasteiger partial charge in [-0.15, -0.1) is 0 Å². The van der Waals surface area contributed by atoms with Gasteiger partial charge in [0.05, 0.1) is 11.2 Å². The van der Waals surface area contributed by atoms with Crippen LogP contribution in [0.3, 0.4) is 0 Å². The molecule has 0 radical (unpaired) electrons. The lowest BCUT2D eigenvalue weighted by Gasteiger charge is -2.09. The highest BCUT2D eigenvalue weighted by Gasteiger charge is 2.20. The molecule has 4 rings (SSSR count). The third kappa shape index (κ3) is 3.26. The molecule has 0 unspecified atom stereocenters. The van der Waals surface area contributed by atoms with Crippen molar-refractivity contribution in [1.82, 2.24) is 19.9 Å². The minimum Gasteiger partial charge on any atom is -0.389 e. The second-order valence-electron chi connectivity index (χ2n) is 6.08. The number of sulfone groups is 1. The zero-order valence-electron chi connectivity index (χ0n) is 14.3. The zero-order valence-corrected chi connectivity index (χ0v) is 15.1. The molecular weight excluding hydrogens is 362 g/mol. The SMILES string of the molecule is N/C(=C\c1ccc(-c2ncnc3[nH]cnc23)cc1)S(=O)(=O)C1=CCCC=C1. The first-order valence-corrected chi connectivity index (χ1v) is 9.87. The molecule has 3 N–H and O–H groups in total. The number of rotatable bonds is 4. The lowest BCUT2D eigenvalue weighted by molar-refractivity contribution is 0.608. The summed E-state index contributed by atoms with van der Waals surface area (Å²) in [6.45, 7) is 0. The first-order chi connectivity index (χ1) is 13.1. The van der Waals surface area contributed by atoms with E-state index in [4.69, 9.17) is 5.73 Å². The van der Waals surface area contributed by atoms with E-state index in [0.717, 1.165) is 12.0 Å². The highest BCUT2D eigenvalue weighted by molar-refractivity contribution is 7.99. The van der Waals surface area contributed by atoms with Crippen LogP contribution in [0.2, 0.25) is 0 Å². The summed E-state index contributed by atoms with van der Waals surface area (Å²) in [5, 5.41) is -0.176. The van der Waals surface area contributed by atoms with Gasteiger partial charge in [0, 0.05) is 5.56 Å². The van der Waals surface area contributed by atoms with Gasteiger partial charge in [-0.2, -0.15) is 0 Å². The quantitative estimate of drug-likeness (QED) is 0.720. The molecule has 8 heteroatoms. The molecular formula is C19H17N5O2S. The molecule has 0 saturated carbocycles. The van der Waals surface area contributed by atoms with Crippen LogP contribution in [0.1, 0.15) is 18.4 Å². The van der Waals surface area contributed by atoms with Crippen LogP contribution in [0, 0.1) is 0 Å². The Morgan fingerprint density at radius 3 is 2.67 bits per heavy atom. The van der Waals surface area contributed by atoms with Crippen LogP contribution in [0.5, 0.6) is 0 Å². The fourth-order valence-corrected chi connectivity index (χ4v) is 4.06. The van der Waals surface area contributed by atoms with E-state index in [1.165, 1.54) is 12.4 Å². The van der Waals surface area contributed by atoms with Gasteiger partial charge in [-0.3, -0.25) is 0 Å². The van der Waals surface area contributed by atoms with Crippen LogP contribution in [-0.2, 0) is 9.84 Å². The molecule has 0 atom stereocenters. The average Bonchev–Trinajstić information content (AvgIpc) is 3.18. The van der Waals surface area contributed by atoms with Crippen molar-refractivity contribution in [2.24, 2.45) is 5.73 Å². The normalized spacial score (nSPS) is 15.1. The number of benzene rings is 1. The van der Waals surface area contributed by atoms with Gasteiger partial charge in [0.2, 0.25) is 9.84 Å². The lowest BCUT2D eigenvalue weighted by Crippen LogP contribution is -2.14. The monoisotopic (exact) mass is 379 g/mol. The van der Waals surface area contributed by atoms with Gasteiger partial charge in [-0.1, -0.05) is 36.4 Å². The van der Waals surface area contributed by atoms with Crippen molar-refractivity contribution in [1.29, 1.82) is 0 Å². The molecule has 0 aliphatic heterocycles. The summed E-state index contributed by atoms with van der Waals surface area (Å²) in [6, 6.07) is 7.29. The van der Waals surface area contributed by atoms with E-state index in [2.05, 4.69) is 19.9 Å². The number of aromatic amines is 1. The molecule has 0 spiro atoms. The van der Waals surface area contributed by atoms with Crippen LogP contribution < -0.4 is 5.73 Å². The lowest BCUT2D eigenvalue weighted by atomic mass is 10.1. The standard InChI is InChI=1S/C19H17N5O2S/c20-16(27(25,26)15-4-2-1-3-5-15)10-13-6-8-14(9-7-13)17-18-19(23-11-21-17)24-12-22-18/h2,4-12H,1,3,20H2,(H,21,22,23,24)/b16-10+. The van der Waals surface area contributed by atoms with Crippen molar-refractivity contribution in [3.05, 3.63) is 70.6 Å². The van der Waals surface area contributed by atoms with Crippen molar-refractivity contribution in [2.75, 3.05) is 0 Å². The summed E-state index contributed by atoms with van der Waals surface area (Å²) in [5.74, 6) is 0. The van der Waals surface area contributed by atoms with Crippen molar-refractivity contribution in [2.45, 2.75) is 12.8 Å². The second-order valence-corrected chi connectivity index (χ2v) is 8.03. The number of nitrogens with two attached hydrogens (primary N) is 1. The second kappa shape index (κ2) is 6.81. The van der Waals surface area contributed by atoms with E-state index in [9.17, 15) is 8.42 Å². The topological polar surface area (TPSA) is 115 Å². The highest BCUT2D eigenvalue weighted by atomic mass is 32.2. The molecule has 0 amide bonds. The van der Waals surface area contributed by atoms with E-state index in [-0.39, 0.29) is 9.93 Å². The smallest absolute Gasteiger partial charge is 0.220 e. The van der Waals surface area contributed by atoms with E-state index in [1.807, 2.05) is 18.2 Å². The predicted molar refractivity (Wildman–Crippen MR) is 105 cm³/mol. The zero-order chi connectivity index (χ0) is 18.9.